The number of fused-ring (bicyclic) bond motifs is 1. The summed E-state index contributed by atoms with van der Waals surface area (Å²) in [5, 5.41) is 0. The molecule has 4 nitrogen and oxygen atoms in total. The Labute approximate surface area is 75.0 Å². The number of pyridine rings is 1. The number of carbonyl (C=O) groups is 1. The van der Waals surface area contributed by atoms with Crippen LogP contribution < -0.4 is 5.73 Å². The summed E-state index contributed by atoms with van der Waals surface area (Å²) >= 11 is 0. The lowest BCUT2D eigenvalue weighted by Gasteiger charge is -2.00. The Morgan fingerprint density at radius 3 is 3.00 bits per heavy atom. The fourth-order valence-electron chi connectivity index (χ4n) is 1.34. The van der Waals surface area contributed by atoms with Gasteiger partial charge in [-0.25, -0.2) is 4.98 Å². The van der Waals surface area contributed by atoms with E-state index in [-0.39, 0.29) is 0 Å². The third-order valence-corrected chi connectivity index (χ3v) is 1.93. The number of nitrogens with zero attached hydrogens (tertiary/aromatic N) is 2. The van der Waals surface area contributed by atoms with E-state index in [1.807, 2.05) is 6.92 Å². The van der Waals surface area contributed by atoms with Crippen molar-refractivity contribution < 1.29 is 4.79 Å². The molecule has 4 heteroatoms. The number of anilines is 1. The topological polar surface area (TPSA) is 60.4 Å². The van der Waals surface area contributed by atoms with E-state index in [0.717, 1.165) is 17.6 Å². The smallest absolute Gasteiger partial charge is 0.168 e. The summed E-state index contributed by atoms with van der Waals surface area (Å²) in [7, 11) is 0. The van der Waals surface area contributed by atoms with Gasteiger partial charge in [0.2, 0.25) is 0 Å². The molecule has 13 heavy (non-hydrogen) atoms. The minimum absolute atomic E-state index is 0.457. The lowest BCUT2D eigenvalue weighted by molar-refractivity contribution is 0.111. The first kappa shape index (κ1) is 7.79. The molecule has 0 atom stereocenters. The second kappa shape index (κ2) is 2.58. The molecule has 0 amide bonds. The van der Waals surface area contributed by atoms with Crippen LogP contribution in [0.4, 0.5) is 5.69 Å². The molecule has 2 N–H and O–H groups in total. The van der Waals surface area contributed by atoms with Crippen LogP contribution in [0.1, 0.15) is 16.2 Å². The number of aromatic nitrogens is 2. The Bertz CT molecular complexity index is 473. The first-order valence-corrected chi connectivity index (χ1v) is 3.92. The number of hydrogen-bond donors (Lipinski definition) is 1. The first-order chi connectivity index (χ1) is 6.22. The highest BCUT2D eigenvalue weighted by molar-refractivity contribution is 5.82. The molecule has 0 aliphatic rings. The zero-order valence-corrected chi connectivity index (χ0v) is 7.19. The van der Waals surface area contributed by atoms with Crippen molar-refractivity contribution in [2.24, 2.45) is 0 Å². The number of rotatable bonds is 1. The summed E-state index contributed by atoms with van der Waals surface area (Å²) in [5.74, 6) is 0. The van der Waals surface area contributed by atoms with Gasteiger partial charge in [-0.1, -0.05) is 0 Å². The minimum atomic E-state index is 0.457. The third kappa shape index (κ3) is 1.07. The highest BCUT2D eigenvalue weighted by Gasteiger charge is 2.05. The van der Waals surface area contributed by atoms with Crippen LogP contribution in [-0.2, 0) is 0 Å². The van der Waals surface area contributed by atoms with Gasteiger partial charge >= 0.3 is 0 Å². The van der Waals surface area contributed by atoms with Gasteiger partial charge in [-0.2, -0.15) is 0 Å². The molecule has 0 saturated carbocycles. The summed E-state index contributed by atoms with van der Waals surface area (Å²) in [6.07, 6.45) is 2.53. The van der Waals surface area contributed by atoms with E-state index in [0.29, 0.717) is 11.4 Å². The van der Waals surface area contributed by atoms with Gasteiger partial charge < -0.3 is 5.73 Å². The Morgan fingerprint density at radius 1 is 1.54 bits per heavy atom. The largest absolute Gasteiger partial charge is 0.397 e. The van der Waals surface area contributed by atoms with E-state index in [2.05, 4.69) is 4.98 Å². The summed E-state index contributed by atoms with van der Waals surface area (Å²) in [4.78, 5) is 14.9. The maximum Gasteiger partial charge on any atom is 0.168 e. The SMILES string of the molecule is Cc1cn2c(C=O)c(N)ccc2n1. The third-order valence-electron chi connectivity index (χ3n) is 1.93. The van der Waals surface area contributed by atoms with Crippen LogP contribution in [-0.4, -0.2) is 15.7 Å². The van der Waals surface area contributed by atoms with Crippen molar-refractivity contribution >= 4 is 17.6 Å². The quantitative estimate of drug-likeness (QED) is 0.658. The Morgan fingerprint density at radius 2 is 2.31 bits per heavy atom. The normalized spacial score (nSPS) is 10.5. The van der Waals surface area contributed by atoms with Crippen LogP contribution in [0.25, 0.3) is 5.65 Å². The van der Waals surface area contributed by atoms with Gasteiger partial charge in [0.25, 0.3) is 0 Å². The lowest BCUT2D eigenvalue weighted by Crippen LogP contribution is -2.00. The van der Waals surface area contributed by atoms with Crippen LogP contribution in [0.5, 0.6) is 0 Å². The molecule has 0 saturated heterocycles. The molecule has 0 radical (unpaired) electrons. The summed E-state index contributed by atoms with van der Waals surface area (Å²) in [5.41, 5.74) is 8.17. The van der Waals surface area contributed by atoms with Crippen molar-refractivity contribution in [1.82, 2.24) is 9.38 Å². The van der Waals surface area contributed by atoms with Crippen LogP contribution in [0.3, 0.4) is 0 Å². The monoisotopic (exact) mass is 175 g/mol. The van der Waals surface area contributed by atoms with Crippen LogP contribution >= 0.6 is 0 Å². The summed E-state index contributed by atoms with van der Waals surface area (Å²) < 4.78 is 1.69. The van der Waals surface area contributed by atoms with Crippen molar-refractivity contribution in [2.75, 3.05) is 5.73 Å². The number of carbonyl (C=O) groups excluding carboxylic acids is 1. The molecule has 0 unspecified atom stereocenters. The summed E-state index contributed by atoms with van der Waals surface area (Å²) in [6, 6.07) is 3.47. The summed E-state index contributed by atoms with van der Waals surface area (Å²) in [6.45, 7) is 1.87. The van der Waals surface area contributed by atoms with Gasteiger partial charge in [0.1, 0.15) is 11.3 Å². The van der Waals surface area contributed by atoms with Gasteiger partial charge in [-0.3, -0.25) is 9.20 Å². The van der Waals surface area contributed by atoms with E-state index in [9.17, 15) is 4.79 Å². The lowest BCUT2D eigenvalue weighted by atomic mass is 10.3. The van der Waals surface area contributed by atoms with E-state index in [1.54, 1.807) is 22.7 Å². The fourth-order valence-corrected chi connectivity index (χ4v) is 1.34. The number of nitrogen functional groups attached to an aromatic ring is 1. The Balaban J connectivity index is 2.90. The zero-order valence-electron chi connectivity index (χ0n) is 7.19. The average Bonchev–Trinajstić information content (AvgIpc) is 2.45. The molecule has 0 bridgehead atoms. The molecule has 2 heterocycles. The van der Waals surface area contributed by atoms with Crippen molar-refractivity contribution in [1.29, 1.82) is 0 Å². The van der Waals surface area contributed by atoms with E-state index in [1.165, 1.54) is 0 Å². The Hall–Kier alpha value is -1.84. The number of hydrogen-bond acceptors (Lipinski definition) is 3. The fraction of sp³-hybridized carbons (Fsp3) is 0.111. The van der Waals surface area contributed by atoms with Crippen LogP contribution in [0.2, 0.25) is 0 Å². The van der Waals surface area contributed by atoms with Gasteiger partial charge in [0.15, 0.2) is 6.29 Å². The molecule has 0 aliphatic carbocycles. The van der Waals surface area contributed by atoms with E-state index < -0.39 is 0 Å². The maximum absolute atomic E-state index is 10.7. The average molecular weight is 175 g/mol. The predicted octanol–water partition coefficient (Wildman–Crippen LogP) is 1.04. The van der Waals surface area contributed by atoms with Gasteiger partial charge in [0.05, 0.1) is 11.4 Å². The zero-order chi connectivity index (χ0) is 9.42. The van der Waals surface area contributed by atoms with Crippen LogP contribution in [0.15, 0.2) is 18.3 Å². The van der Waals surface area contributed by atoms with E-state index in [4.69, 9.17) is 5.73 Å². The number of aldehydes is 1. The minimum Gasteiger partial charge on any atom is -0.397 e. The molecular weight excluding hydrogens is 166 g/mol. The molecule has 0 spiro atoms. The molecule has 66 valence electrons. The van der Waals surface area contributed by atoms with Crippen molar-refractivity contribution in [3.05, 3.63) is 29.7 Å². The van der Waals surface area contributed by atoms with Crippen molar-refractivity contribution in [2.45, 2.75) is 6.92 Å². The van der Waals surface area contributed by atoms with E-state index >= 15 is 0 Å². The molecule has 2 rings (SSSR count). The molecule has 0 aromatic carbocycles. The highest BCUT2D eigenvalue weighted by atomic mass is 16.1. The molecule has 2 aromatic heterocycles. The van der Waals surface area contributed by atoms with Crippen molar-refractivity contribution in [3.8, 4) is 0 Å². The number of nitrogens with two attached hydrogens (primary N) is 1. The number of imidazole rings is 1. The van der Waals surface area contributed by atoms with Crippen molar-refractivity contribution in [3.63, 3.8) is 0 Å². The predicted molar refractivity (Wildman–Crippen MR) is 49.7 cm³/mol. The second-order valence-corrected chi connectivity index (χ2v) is 2.90. The molecule has 0 aliphatic heterocycles. The van der Waals surface area contributed by atoms with Gasteiger partial charge in [-0.05, 0) is 19.1 Å². The number of aryl methyl sites for hydroxylation is 1. The molecule has 2 aromatic rings. The highest BCUT2D eigenvalue weighted by Crippen LogP contribution is 2.13. The van der Waals surface area contributed by atoms with Gasteiger partial charge in [-0.15, -0.1) is 0 Å². The first-order valence-electron chi connectivity index (χ1n) is 3.92. The maximum atomic E-state index is 10.7. The molecule has 0 fully saturated rings. The second-order valence-electron chi connectivity index (χ2n) is 2.90. The van der Waals surface area contributed by atoms with Crippen LogP contribution in [0, 0.1) is 6.92 Å². The molecular formula is C9H9N3O. The standard InChI is InChI=1S/C9H9N3O/c1-6-4-12-8(5-13)7(10)2-3-9(12)11-6/h2-5H,10H2,1H3. The Kier molecular flexibility index (Phi) is 1.55. The van der Waals surface area contributed by atoms with Gasteiger partial charge in [0, 0.05) is 6.20 Å².